The lowest BCUT2D eigenvalue weighted by molar-refractivity contribution is 1.75. The first-order valence-electron chi connectivity index (χ1n) is 5.15. The van der Waals surface area contributed by atoms with Crippen LogP contribution in [0.25, 0.3) is 20.2 Å². The molecular weight excluding hydrogens is 252 g/mol. The molecule has 0 bridgehead atoms. The van der Waals surface area contributed by atoms with Gasteiger partial charge in [0.15, 0.2) is 5.43 Å². The summed E-state index contributed by atoms with van der Waals surface area (Å²) in [5, 5.41) is 1.64. The van der Waals surface area contributed by atoms with Crippen molar-refractivity contribution < 1.29 is 0 Å². The molecule has 3 rings (SSSR count). The van der Waals surface area contributed by atoms with Gasteiger partial charge in [0.05, 0.1) is 0 Å². The Morgan fingerprint density at radius 3 is 1.71 bits per heavy atom. The van der Waals surface area contributed by atoms with Crippen LogP contribution in [0.1, 0.15) is 0 Å². The summed E-state index contributed by atoms with van der Waals surface area (Å²) in [5.41, 5.74) is 0.139. The highest BCUT2D eigenvalue weighted by molar-refractivity contribution is 7.24. The molecule has 86 valence electrons. The molecule has 1 aromatic heterocycles. The summed E-state index contributed by atoms with van der Waals surface area (Å²) in [6.45, 7) is 0. The van der Waals surface area contributed by atoms with Gasteiger partial charge in [-0.3, -0.25) is 4.79 Å². The van der Waals surface area contributed by atoms with E-state index in [1.54, 1.807) is 11.3 Å². The summed E-state index contributed by atoms with van der Waals surface area (Å²) in [4.78, 5) is 12.1. The van der Waals surface area contributed by atoms with Crippen molar-refractivity contribution in [3.63, 3.8) is 0 Å². The van der Waals surface area contributed by atoms with Crippen LogP contribution in [0, 0.1) is 0 Å². The van der Waals surface area contributed by atoms with E-state index < -0.39 is 0 Å². The molecule has 17 heavy (non-hydrogen) atoms. The van der Waals surface area contributed by atoms with Gasteiger partial charge in [0.2, 0.25) is 0 Å². The molecule has 0 unspecified atom stereocenters. The summed E-state index contributed by atoms with van der Waals surface area (Å²) >= 11 is 6.30. The first-order chi connectivity index (χ1) is 8.36. The van der Waals surface area contributed by atoms with E-state index in [0.717, 1.165) is 20.2 Å². The normalized spacial score (nSPS) is 10.0. The van der Waals surface area contributed by atoms with Gasteiger partial charge in [0, 0.05) is 26.6 Å². The van der Waals surface area contributed by atoms with Gasteiger partial charge in [-0.15, -0.1) is 22.9 Å². The van der Waals surface area contributed by atoms with Crippen molar-refractivity contribution in [2.75, 3.05) is 6.38 Å². The van der Waals surface area contributed by atoms with Crippen molar-refractivity contribution in [1.29, 1.82) is 0 Å². The third-order valence-corrected chi connectivity index (χ3v) is 3.64. The van der Waals surface area contributed by atoms with Gasteiger partial charge in [-0.05, 0) is 24.3 Å². The Bertz CT molecular complexity index is 646. The molecule has 0 atom stereocenters. The van der Waals surface area contributed by atoms with E-state index in [1.165, 1.54) is 6.38 Å². The maximum atomic E-state index is 12.1. The number of alkyl halides is 1. The smallest absolute Gasteiger partial charge is 0.195 e. The average molecular weight is 263 g/mol. The SMILES string of the molecule is CCl.O=c1c2ccccc2sc2ccccc12. The van der Waals surface area contributed by atoms with Gasteiger partial charge >= 0.3 is 0 Å². The maximum Gasteiger partial charge on any atom is 0.195 e. The topological polar surface area (TPSA) is 17.1 Å². The van der Waals surface area contributed by atoms with Crippen LogP contribution in [0.4, 0.5) is 0 Å². The fourth-order valence-electron chi connectivity index (χ4n) is 1.75. The molecule has 1 nitrogen and oxygen atoms in total. The van der Waals surface area contributed by atoms with E-state index in [2.05, 4.69) is 11.6 Å². The minimum atomic E-state index is 0.139. The number of hydrogen-bond donors (Lipinski definition) is 0. The fourth-order valence-corrected chi connectivity index (χ4v) is 2.82. The highest BCUT2D eigenvalue weighted by atomic mass is 35.5. The predicted molar refractivity (Wildman–Crippen MR) is 77.4 cm³/mol. The molecule has 1 heterocycles. The van der Waals surface area contributed by atoms with Gasteiger partial charge < -0.3 is 0 Å². The second kappa shape index (κ2) is 5.30. The van der Waals surface area contributed by atoms with Crippen molar-refractivity contribution in [3.8, 4) is 0 Å². The molecule has 0 aliphatic rings. The van der Waals surface area contributed by atoms with Crippen molar-refractivity contribution in [3.05, 3.63) is 58.8 Å². The lowest BCUT2D eigenvalue weighted by Gasteiger charge is -1.99. The van der Waals surface area contributed by atoms with E-state index in [-0.39, 0.29) is 5.43 Å². The van der Waals surface area contributed by atoms with Gasteiger partial charge in [-0.2, -0.15) is 0 Å². The van der Waals surface area contributed by atoms with Crippen LogP contribution < -0.4 is 5.43 Å². The van der Waals surface area contributed by atoms with Gasteiger partial charge in [-0.1, -0.05) is 24.3 Å². The molecule has 0 saturated heterocycles. The molecule has 0 amide bonds. The molecule has 0 spiro atoms. The fraction of sp³-hybridized carbons (Fsp3) is 0.0714. The Labute approximate surface area is 108 Å². The number of hydrogen-bond acceptors (Lipinski definition) is 2. The summed E-state index contributed by atoms with van der Waals surface area (Å²) in [6.07, 6.45) is 1.47. The average Bonchev–Trinajstić information content (AvgIpc) is 2.41. The Morgan fingerprint density at radius 1 is 0.824 bits per heavy atom. The zero-order valence-electron chi connectivity index (χ0n) is 9.31. The molecule has 0 fully saturated rings. The number of benzene rings is 2. The van der Waals surface area contributed by atoms with E-state index in [1.807, 2.05) is 48.5 Å². The molecule has 2 aromatic carbocycles. The zero-order chi connectivity index (χ0) is 12.3. The predicted octanol–water partition coefficient (Wildman–Crippen LogP) is 4.27. The van der Waals surface area contributed by atoms with E-state index in [9.17, 15) is 4.79 Å². The van der Waals surface area contributed by atoms with Crippen molar-refractivity contribution in [2.45, 2.75) is 0 Å². The highest BCUT2D eigenvalue weighted by Gasteiger charge is 2.03. The zero-order valence-corrected chi connectivity index (χ0v) is 10.9. The molecule has 0 aliphatic carbocycles. The summed E-state index contributed by atoms with van der Waals surface area (Å²) in [7, 11) is 0. The lowest BCUT2D eigenvalue weighted by atomic mass is 10.2. The van der Waals surface area contributed by atoms with Crippen LogP contribution in [-0.2, 0) is 0 Å². The minimum Gasteiger partial charge on any atom is -0.289 e. The van der Waals surface area contributed by atoms with Gasteiger partial charge in [0.25, 0.3) is 0 Å². The van der Waals surface area contributed by atoms with Crippen molar-refractivity contribution in [1.82, 2.24) is 0 Å². The third kappa shape index (κ3) is 2.19. The first-order valence-corrected chi connectivity index (χ1v) is 6.72. The highest BCUT2D eigenvalue weighted by Crippen LogP contribution is 2.23. The quantitative estimate of drug-likeness (QED) is 0.437. The van der Waals surface area contributed by atoms with Crippen molar-refractivity contribution >= 4 is 43.1 Å². The molecule has 0 aliphatic heterocycles. The third-order valence-electron chi connectivity index (χ3n) is 2.48. The molecule has 0 saturated carbocycles. The van der Waals surface area contributed by atoms with Gasteiger partial charge in [0.1, 0.15) is 0 Å². The first kappa shape index (κ1) is 12.1. The summed E-state index contributed by atoms with van der Waals surface area (Å²) in [5.74, 6) is 0. The van der Waals surface area contributed by atoms with Crippen molar-refractivity contribution in [2.24, 2.45) is 0 Å². The van der Waals surface area contributed by atoms with Crippen LogP contribution in [-0.4, -0.2) is 6.38 Å². The van der Waals surface area contributed by atoms with Crippen LogP contribution in [0.2, 0.25) is 0 Å². The standard InChI is InChI=1S/C13H8OS.CH3Cl/c14-13-9-5-1-3-7-11(9)15-12-8-4-2-6-10(12)13;1-2/h1-8H;1H3. The Balaban J connectivity index is 0.000000514. The lowest BCUT2D eigenvalue weighted by Crippen LogP contribution is -1.99. The van der Waals surface area contributed by atoms with Crippen LogP contribution in [0.5, 0.6) is 0 Å². The number of halogens is 1. The van der Waals surface area contributed by atoms with Crippen LogP contribution >= 0.6 is 22.9 Å². The number of rotatable bonds is 0. The Morgan fingerprint density at radius 2 is 1.24 bits per heavy atom. The molecular formula is C14H11ClOS. The van der Waals surface area contributed by atoms with Crippen LogP contribution in [0.3, 0.4) is 0 Å². The Hall–Kier alpha value is -1.38. The molecule has 0 N–H and O–H groups in total. The second-order valence-corrected chi connectivity index (χ2v) is 4.51. The molecule has 0 radical (unpaired) electrons. The summed E-state index contributed by atoms with van der Waals surface area (Å²) in [6, 6.07) is 15.5. The largest absolute Gasteiger partial charge is 0.289 e. The monoisotopic (exact) mass is 262 g/mol. The molecule has 3 heteroatoms. The Kier molecular flexibility index (Phi) is 3.77. The summed E-state index contributed by atoms with van der Waals surface area (Å²) < 4.78 is 2.11. The van der Waals surface area contributed by atoms with E-state index >= 15 is 0 Å². The molecule has 3 aromatic rings. The number of fused-ring (bicyclic) bond motifs is 2. The van der Waals surface area contributed by atoms with Gasteiger partial charge in [-0.25, -0.2) is 0 Å². The second-order valence-electron chi connectivity index (χ2n) is 3.42. The maximum absolute atomic E-state index is 12.1. The minimum absolute atomic E-state index is 0.139. The van der Waals surface area contributed by atoms with E-state index in [4.69, 9.17) is 0 Å². The van der Waals surface area contributed by atoms with Crippen LogP contribution in [0.15, 0.2) is 53.3 Å². The van der Waals surface area contributed by atoms with E-state index in [0.29, 0.717) is 0 Å².